The number of cyclic esters (lactones) is 2. The smallest absolute Gasteiger partial charge is 0.332 e. The number of rotatable bonds is 6. The highest BCUT2D eigenvalue weighted by molar-refractivity contribution is 5.96. The first-order chi connectivity index (χ1) is 16.7. The topological polar surface area (TPSA) is 141 Å². The van der Waals surface area contributed by atoms with Crippen molar-refractivity contribution in [3.63, 3.8) is 0 Å². The summed E-state index contributed by atoms with van der Waals surface area (Å²) in [6.45, 7) is 4.29. The zero-order chi connectivity index (χ0) is 25.5. The van der Waals surface area contributed by atoms with Crippen molar-refractivity contribution >= 4 is 23.8 Å². The van der Waals surface area contributed by atoms with Crippen LogP contribution in [0.25, 0.3) is 0 Å². The summed E-state index contributed by atoms with van der Waals surface area (Å²) in [6, 6.07) is 10.5. The van der Waals surface area contributed by atoms with Crippen LogP contribution in [0.1, 0.15) is 36.7 Å². The summed E-state index contributed by atoms with van der Waals surface area (Å²) in [4.78, 5) is 65.3. The summed E-state index contributed by atoms with van der Waals surface area (Å²) in [5.74, 6) is -4.44. The summed E-state index contributed by atoms with van der Waals surface area (Å²) in [5, 5.41) is 2.38. The Hall–Kier alpha value is -3.95. The number of hydrogen-bond acceptors (Lipinski definition) is 8. The zero-order valence-electron chi connectivity index (χ0n) is 19.7. The van der Waals surface area contributed by atoms with E-state index in [1.165, 1.54) is 25.3 Å². The minimum Gasteiger partial charge on any atom is -0.463 e. The number of nitrogens with one attached hydrogen (secondary N) is 2. The van der Waals surface area contributed by atoms with Gasteiger partial charge in [0.25, 0.3) is 11.5 Å². The Morgan fingerprint density at radius 1 is 1.09 bits per heavy atom. The lowest BCUT2D eigenvalue weighted by Crippen LogP contribution is -2.47. The van der Waals surface area contributed by atoms with Gasteiger partial charge in [0.1, 0.15) is 24.2 Å². The second-order valence-electron chi connectivity index (χ2n) is 8.56. The van der Waals surface area contributed by atoms with Crippen molar-refractivity contribution < 1.29 is 33.4 Å². The van der Waals surface area contributed by atoms with Gasteiger partial charge in [-0.2, -0.15) is 0 Å². The molecule has 35 heavy (non-hydrogen) atoms. The monoisotopic (exact) mass is 484 g/mol. The third-order valence-electron chi connectivity index (χ3n) is 5.53. The van der Waals surface area contributed by atoms with Gasteiger partial charge in [0.15, 0.2) is 12.1 Å². The molecular formula is C25H28N2O8. The fourth-order valence-electron chi connectivity index (χ4n) is 3.59. The highest BCUT2D eigenvalue weighted by Gasteiger charge is 2.42. The Bertz CT molecular complexity index is 1130. The lowest BCUT2D eigenvalue weighted by atomic mass is 9.91. The van der Waals surface area contributed by atoms with Crippen molar-refractivity contribution in [2.24, 2.45) is 11.8 Å². The van der Waals surface area contributed by atoms with Crippen LogP contribution in [0.3, 0.4) is 0 Å². The Morgan fingerprint density at radius 3 is 2.46 bits per heavy atom. The van der Waals surface area contributed by atoms with Gasteiger partial charge in [-0.15, -0.1) is 0 Å². The third kappa shape index (κ3) is 6.56. The Kier molecular flexibility index (Phi) is 8.40. The summed E-state index contributed by atoms with van der Waals surface area (Å²) in [5.41, 5.74) is -0.0633. The second kappa shape index (κ2) is 11.5. The number of esters is 3. The molecule has 4 atom stereocenters. The molecule has 0 radical (unpaired) electrons. The maximum atomic E-state index is 13.1. The van der Waals surface area contributed by atoms with Crippen molar-refractivity contribution in [1.29, 1.82) is 0 Å². The SMILES string of the molecule is CC(C)C(=O)O[C@H]1[C@H](C)OC(=O)[C@@H](NC(=O)c2ccc[nH]c2=O)COC(=O)[C@@H]1Cc1ccccc1. The lowest BCUT2D eigenvalue weighted by Gasteiger charge is -2.29. The van der Waals surface area contributed by atoms with Crippen molar-refractivity contribution in [2.75, 3.05) is 6.61 Å². The molecule has 1 fully saturated rings. The average molecular weight is 485 g/mol. The van der Waals surface area contributed by atoms with E-state index in [1.54, 1.807) is 13.8 Å². The number of H-pyrrole nitrogens is 1. The number of aromatic amines is 1. The molecule has 0 unspecified atom stereocenters. The normalized spacial score (nSPS) is 22.7. The molecule has 10 heteroatoms. The van der Waals surface area contributed by atoms with Crippen molar-refractivity contribution in [3.05, 3.63) is 70.1 Å². The number of carbonyl (C=O) groups excluding carboxylic acids is 4. The summed E-state index contributed by atoms with van der Waals surface area (Å²) < 4.78 is 16.5. The zero-order valence-corrected chi connectivity index (χ0v) is 19.7. The molecule has 1 aromatic heterocycles. The summed E-state index contributed by atoms with van der Waals surface area (Å²) in [7, 11) is 0. The van der Waals surface area contributed by atoms with E-state index >= 15 is 0 Å². The fourth-order valence-corrected chi connectivity index (χ4v) is 3.59. The van der Waals surface area contributed by atoms with E-state index in [0.29, 0.717) is 0 Å². The number of ether oxygens (including phenoxy) is 3. The van der Waals surface area contributed by atoms with Crippen LogP contribution in [0.4, 0.5) is 0 Å². The van der Waals surface area contributed by atoms with E-state index < -0.39 is 66.1 Å². The number of aromatic nitrogens is 1. The molecule has 2 N–H and O–H groups in total. The highest BCUT2D eigenvalue weighted by Crippen LogP contribution is 2.24. The van der Waals surface area contributed by atoms with Gasteiger partial charge in [0.05, 0.1) is 5.92 Å². The van der Waals surface area contributed by atoms with E-state index in [2.05, 4.69) is 10.3 Å². The number of benzene rings is 1. The Morgan fingerprint density at radius 2 is 1.80 bits per heavy atom. The van der Waals surface area contributed by atoms with Crippen LogP contribution in [0, 0.1) is 11.8 Å². The van der Waals surface area contributed by atoms with Gasteiger partial charge < -0.3 is 24.5 Å². The standard InChI is InChI=1S/C25H28N2O8/c1-14(2)23(30)35-20-15(3)34-25(32)19(27-22(29)17-10-7-11-26-21(17)28)13-33-24(31)18(20)12-16-8-5-4-6-9-16/h4-11,14-15,18-20H,12-13H2,1-3H3,(H,26,28)(H,27,29)/t15-,18+,19-,20-/m0/s1. The van der Waals surface area contributed by atoms with Crippen LogP contribution in [-0.4, -0.2) is 53.7 Å². The van der Waals surface area contributed by atoms with Crippen LogP contribution in [-0.2, 0) is 35.0 Å². The molecule has 3 rings (SSSR count). The van der Waals surface area contributed by atoms with Crippen LogP contribution in [0.15, 0.2) is 53.5 Å². The van der Waals surface area contributed by atoms with E-state index in [9.17, 15) is 24.0 Å². The first kappa shape index (κ1) is 25.7. The van der Waals surface area contributed by atoms with E-state index in [4.69, 9.17) is 14.2 Å². The molecule has 1 amide bonds. The molecule has 2 heterocycles. The molecule has 10 nitrogen and oxygen atoms in total. The molecule has 0 spiro atoms. The van der Waals surface area contributed by atoms with Crippen molar-refractivity contribution in [3.8, 4) is 0 Å². The molecule has 2 aromatic rings. The highest BCUT2D eigenvalue weighted by atomic mass is 16.6. The fraction of sp³-hybridized carbons (Fsp3) is 0.400. The Balaban J connectivity index is 1.87. The van der Waals surface area contributed by atoms with Gasteiger partial charge in [0.2, 0.25) is 0 Å². The second-order valence-corrected chi connectivity index (χ2v) is 8.56. The van der Waals surface area contributed by atoms with E-state index in [0.717, 1.165) is 5.56 Å². The van der Waals surface area contributed by atoms with Gasteiger partial charge >= 0.3 is 17.9 Å². The van der Waals surface area contributed by atoms with Crippen molar-refractivity contribution in [1.82, 2.24) is 10.3 Å². The van der Waals surface area contributed by atoms with Crippen LogP contribution in [0.2, 0.25) is 0 Å². The predicted octanol–water partition coefficient (Wildman–Crippen LogP) is 1.39. The molecule has 0 bridgehead atoms. The van der Waals surface area contributed by atoms with E-state index in [-0.39, 0.29) is 12.0 Å². The molecule has 0 aliphatic carbocycles. The molecule has 186 valence electrons. The third-order valence-corrected chi connectivity index (χ3v) is 5.53. The molecule has 0 saturated carbocycles. The lowest BCUT2D eigenvalue weighted by molar-refractivity contribution is -0.176. The van der Waals surface area contributed by atoms with Crippen LogP contribution in [0.5, 0.6) is 0 Å². The van der Waals surface area contributed by atoms with E-state index in [1.807, 2.05) is 30.3 Å². The average Bonchev–Trinajstić information content (AvgIpc) is 2.86. The molecular weight excluding hydrogens is 456 g/mol. The van der Waals surface area contributed by atoms with Gasteiger partial charge in [-0.3, -0.25) is 19.2 Å². The van der Waals surface area contributed by atoms with Crippen LogP contribution < -0.4 is 10.9 Å². The van der Waals surface area contributed by atoms with Gasteiger partial charge in [0, 0.05) is 6.20 Å². The molecule has 1 saturated heterocycles. The molecule has 1 aromatic carbocycles. The van der Waals surface area contributed by atoms with Gasteiger partial charge in [-0.05, 0) is 31.0 Å². The van der Waals surface area contributed by atoms with Crippen molar-refractivity contribution in [2.45, 2.75) is 45.4 Å². The maximum absolute atomic E-state index is 13.1. The molecule has 1 aliphatic heterocycles. The maximum Gasteiger partial charge on any atom is 0.332 e. The first-order valence-corrected chi connectivity index (χ1v) is 11.3. The molecule has 1 aliphatic rings. The first-order valence-electron chi connectivity index (χ1n) is 11.3. The van der Waals surface area contributed by atoms with Gasteiger partial charge in [-0.25, -0.2) is 4.79 Å². The summed E-state index contributed by atoms with van der Waals surface area (Å²) in [6.07, 6.45) is -0.604. The minimum atomic E-state index is -1.37. The largest absolute Gasteiger partial charge is 0.463 e. The van der Waals surface area contributed by atoms with Gasteiger partial charge in [-0.1, -0.05) is 44.2 Å². The number of hydrogen-bond donors (Lipinski definition) is 2. The quantitative estimate of drug-likeness (QED) is 0.463. The number of amides is 1. The number of carbonyl (C=O) groups is 4. The Labute approximate surface area is 202 Å². The number of pyridine rings is 1. The predicted molar refractivity (Wildman–Crippen MR) is 123 cm³/mol. The summed E-state index contributed by atoms with van der Waals surface area (Å²) >= 11 is 0. The van der Waals surface area contributed by atoms with Crippen LogP contribution >= 0.6 is 0 Å². The minimum absolute atomic E-state index is 0.175.